The van der Waals surface area contributed by atoms with Crippen molar-refractivity contribution in [3.8, 4) is 0 Å². The third kappa shape index (κ3) is 3.56. The molecule has 1 rings (SSSR count). The van der Waals surface area contributed by atoms with Crippen LogP contribution in [0.1, 0.15) is 32.2 Å². The first-order valence-corrected chi connectivity index (χ1v) is 4.66. The highest BCUT2D eigenvalue weighted by atomic mass is 19.1. The second-order valence-corrected chi connectivity index (χ2v) is 2.57. The first-order valence-electron chi connectivity index (χ1n) is 4.66. The Morgan fingerprint density at radius 2 is 2.14 bits per heavy atom. The van der Waals surface area contributed by atoms with E-state index in [1.165, 1.54) is 13.0 Å². The van der Waals surface area contributed by atoms with Gasteiger partial charge in [0, 0.05) is 6.20 Å². The van der Waals surface area contributed by atoms with Gasteiger partial charge in [0.15, 0.2) is 0 Å². The number of rotatable bonds is 2. The maximum Gasteiger partial charge on any atom is 0.0990 e. The average Bonchev–Trinajstić information content (AvgIpc) is 2.48. The molecule has 1 aromatic rings. The summed E-state index contributed by atoms with van der Waals surface area (Å²) in [5.74, 6) is -0.238. The zero-order valence-electron chi connectivity index (χ0n) is 9.21. The minimum absolute atomic E-state index is 0.238. The van der Waals surface area contributed by atoms with Crippen LogP contribution in [0, 0.1) is 6.92 Å². The van der Waals surface area contributed by atoms with Gasteiger partial charge >= 0.3 is 0 Å². The van der Waals surface area contributed by atoms with Crippen molar-refractivity contribution in [1.29, 1.82) is 0 Å². The molecule has 78 valence electrons. The lowest BCUT2D eigenvalue weighted by molar-refractivity contribution is 0.647. The number of hydrogen-bond donors (Lipinski definition) is 0. The van der Waals surface area contributed by atoms with Crippen LogP contribution in [0.3, 0.4) is 0 Å². The number of halogens is 1. The van der Waals surface area contributed by atoms with Crippen LogP contribution in [0.25, 0.3) is 12.3 Å². The van der Waals surface area contributed by atoms with Gasteiger partial charge < -0.3 is 0 Å². The van der Waals surface area contributed by atoms with E-state index in [1.807, 2.05) is 20.8 Å². The lowest BCUT2D eigenvalue weighted by Gasteiger charge is -1.93. The first kappa shape index (κ1) is 12.6. The fourth-order valence-corrected chi connectivity index (χ4v) is 0.995. The number of aryl methyl sites for hydroxylation is 1. The molecule has 3 heteroatoms. The fraction of sp³-hybridized carbons (Fsp3) is 0.364. The van der Waals surface area contributed by atoms with E-state index in [0.29, 0.717) is 5.69 Å². The van der Waals surface area contributed by atoms with Gasteiger partial charge in [-0.15, -0.1) is 0 Å². The average molecular weight is 196 g/mol. The maximum atomic E-state index is 12.5. The van der Waals surface area contributed by atoms with Gasteiger partial charge in [-0.25, -0.2) is 9.07 Å². The SMILES string of the molecule is C=Cn1nc(C)cc1/C=C(\C)F.CC. The normalized spacial score (nSPS) is 10.5. The van der Waals surface area contributed by atoms with E-state index in [2.05, 4.69) is 11.7 Å². The topological polar surface area (TPSA) is 17.8 Å². The molecule has 0 saturated heterocycles. The van der Waals surface area contributed by atoms with Crippen LogP contribution < -0.4 is 0 Å². The summed E-state index contributed by atoms with van der Waals surface area (Å²) in [6, 6.07) is 1.80. The van der Waals surface area contributed by atoms with E-state index in [0.717, 1.165) is 5.69 Å². The molecular formula is C11H17FN2. The smallest absolute Gasteiger partial charge is 0.0990 e. The third-order valence-corrected chi connectivity index (χ3v) is 1.41. The Kier molecular flexibility index (Phi) is 5.53. The highest BCUT2D eigenvalue weighted by molar-refractivity contribution is 5.50. The molecule has 0 aliphatic heterocycles. The zero-order valence-corrected chi connectivity index (χ0v) is 9.21. The molecule has 0 atom stereocenters. The predicted octanol–water partition coefficient (Wildman–Crippen LogP) is 3.65. The Balaban J connectivity index is 0.000000791. The molecule has 0 unspecified atom stereocenters. The van der Waals surface area contributed by atoms with Gasteiger partial charge in [0.25, 0.3) is 0 Å². The quantitative estimate of drug-likeness (QED) is 0.706. The molecule has 0 radical (unpaired) electrons. The largest absolute Gasteiger partial charge is 0.241 e. The molecule has 14 heavy (non-hydrogen) atoms. The molecule has 0 spiro atoms. The van der Waals surface area contributed by atoms with Crippen molar-refractivity contribution >= 4 is 12.3 Å². The molecule has 0 saturated carbocycles. The Labute approximate surface area is 84.8 Å². The second kappa shape index (κ2) is 6.13. The van der Waals surface area contributed by atoms with Gasteiger partial charge in [-0.3, -0.25) is 0 Å². The van der Waals surface area contributed by atoms with E-state index in [9.17, 15) is 4.39 Å². The lowest BCUT2D eigenvalue weighted by Crippen LogP contribution is -1.90. The Morgan fingerprint density at radius 3 is 2.57 bits per heavy atom. The summed E-state index contributed by atoms with van der Waals surface area (Å²) in [7, 11) is 0. The predicted molar refractivity (Wildman–Crippen MR) is 59.5 cm³/mol. The third-order valence-electron chi connectivity index (χ3n) is 1.41. The van der Waals surface area contributed by atoms with Crippen LogP contribution in [0.2, 0.25) is 0 Å². The Hall–Kier alpha value is -1.38. The van der Waals surface area contributed by atoms with Crippen molar-refractivity contribution in [2.75, 3.05) is 0 Å². The second-order valence-electron chi connectivity index (χ2n) is 2.57. The number of hydrogen-bond acceptors (Lipinski definition) is 1. The van der Waals surface area contributed by atoms with E-state index >= 15 is 0 Å². The van der Waals surface area contributed by atoms with E-state index in [1.54, 1.807) is 16.9 Å². The van der Waals surface area contributed by atoms with E-state index < -0.39 is 0 Å². The van der Waals surface area contributed by atoms with Gasteiger partial charge in [0.2, 0.25) is 0 Å². The number of allylic oxidation sites excluding steroid dienone is 1. The molecule has 1 heterocycles. The lowest BCUT2D eigenvalue weighted by atomic mass is 10.3. The van der Waals surface area contributed by atoms with Crippen molar-refractivity contribution in [2.24, 2.45) is 0 Å². The summed E-state index contributed by atoms with van der Waals surface area (Å²) in [4.78, 5) is 0. The van der Waals surface area contributed by atoms with Crippen LogP contribution in [-0.4, -0.2) is 9.78 Å². The number of aromatic nitrogens is 2. The van der Waals surface area contributed by atoms with E-state index in [4.69, 9.17) is 0 Å². The zero-order chi connectivity index (χ0) is 11.1. The monoisotopic (exact) mass is 196 g/mol. The highest BCUT2D eigenvalue weighted by Crippen LogP contribution is 2.09. The molecule has 0 bridgehead atoms. The van der Waals surface area contributed by atoms with Crippen molar-refractivity contribution in [3.63, 3.8) is 0 Å². The molecule has 0 fully saturated rings. The van der Waals surface area contributed by atoms with Crippen molar-refractivity contribution in [2.45, 2.75) is 27.7 Å². The molecule has 2 nitrogen and oxygen atoms in total. The fourth-order valence-electron chi connectivity index (χ4n) is 0.995. The van der Waals surface area contributed by atoms with Crippen molar-refractivity contribution in [1.82, 2.24) is 9.78 Å². The molecular weight excluding hydrogens is 179 g/mol. The van der Waals surface area contributed by atoms with Gasteiger partial charge in [-0.2, -0.15) is 5.10 Å². The van der Waals surface area contributed by atoms with Gasteiger partial charge in [0.1, 0.15) is 0 Å². The minimum atomic E-state index is -0.238. The van der Waals surface area contributed by atoms with Crippen molar-refractivity contribution < 1.29 is 4.39 Å². The van der Waals surface area contributed by atoms with Gasteiger partial charge in [-0.05, 0) is 26.0 Å². The van der Waals surface area contributed by atoms with Crippen LogP contribution >= 0.6 is 0 Å². The highest BCUT2D eigenvalue weighted by Gasteiger charge is 1.99. The maximum absolute atomic E-state index is 12.5. The summed E-state index contributed by atoms with van der Waals surface area (Å²) in [5, 5.41) is 4.07. The summed E-state index contributed by atoms with van der Waals surface area (Å²) >= 11 is 0. The molecule has 0 amide bonds. The molecule has 0 aliphatic carbocycles. The van der Waals surface area contributed by atoms with Crippen LogP contribution in [-0.2, 0) is 0 Å². The molecule has 0 aromatic carbocycles. The Bertz CT molecular complexity index is 320. The van der Waals surface area contributed by atoms with Crippen LogP contribution in [0.5, 0.6) is 0 Å². The molecule has 0 aliphatic rings. The van der Waals surface area contributed by atoms with Gasteiger partial charge in [-0.1, -0.05) is 20.4 Å². The van der Waals surface area contributed by atoms with Gasteiger partial charge in [0.05, 0.1) is 17.2 Å². The van der Waals surface area contributed by atoms with Crippen molar-refractivity contribution in [3.05, 3.63) is 29.9 Å². The minimum Gasteiger partial charge on any atom is -0.241 e. The first-order chi connectivity index (χ1) is 6.63. The Morgan fingerprint density at radius 1 is 1.57 bits per heavy atom. The molecule has 0 N–H and O–H groups in total. The van der Waals surface area contributed by atoms with E-state index in [-0.39, 0.29) is 5.83 Å². The standard InChI is InChI=1S/C9H11FN2.C2H6/c1-4-12-9(5-7(2)10)6-8(3)11-12;1-2/h4-6H,1H2,2-3H3;1-2H3/b7-5+;. The summed E-state index contributed by atoms with van der Waals surface area (Å²) < 4.78 is 14.0. The van der Waals surface area contributed by atoms with Crippen LogP contribution in [0.15, 0.2) is 18.5 Å². The summed E-state index contributed by atoms with van der Waals surface area (Å²) in [5.41, 5.74) is 1.56. The summed E-state index contributed by atoms with van der Waals surface area (Å²) in [6.07, 6.45) is 2.96. The van der Waals surface area contributed by atoms with Crippen LogP contribution in [0.4, 0.5) is 4.39 Å². The summed E-state index contributed by atoms with van der Waals surface area (Å²) in [6.45, 7) is 10.8. The molecule has 1 aromatic heterocycles. The number of nitrogens with zero attached hydrogens (tertiary/aromatic N) is 2.